The number of ether oxygens (including phenoxy) is 1. The molecule has 0 aromatic heterocycles. The van der Waals surface area contributed by atoms with Gasteiger partial charge in [0.15, 0.2) is 0 Å². The number of hydrogen-bond acceptors (Lipinski definition) is 3. The summed E-state index contributed by atoms with van der Waals surface area (Å²) < 4.78 is 5.50. The lowest BCUT2D eigenvalue weighted by atomic mass is 10.0. The summed E-state index contributed by atoms with van der Waals surface area (Å²) in [6, 6.07) is 7.58. The number of carbonyl (C=O) groups excluding carboxylic acids is 1. The molecule has 3 N–H and O–H groups in total. The molecule has 0 heterocycles. The third kappa shape index (κ3) is 2.22. The maximum atomic E-state index is 12.5. The lowest BCUT2D eigenvalue weighted by molar-refractivity contribution is -0.118. The summed E-state index contributed by atoms with van der Waals surface area (Å²) in [7, 11) is 0. The topological polar surface area (TPSA) is 64.3 Å². The van der Waals surface area contributed by atoms with Crippen molar-refractivity contribution in [3.63, 3.8) is 0 Å². The van der Waals surface area contributed by atoms with E-state index in [0.717, 1.165) is 23.3 Å². The molecular weight excluding hydrogens is 264 g/mol. The van der Waals surface area contributed by atoms with Crippen molar-refractivity contribution in [2.24, 2.45) is 35.3 Å². The molecule has 1 aromatic carbocycles. The minimum Gasteiger partial charge on any atom is -0.492 e. The molecule has 4 atom stereocenters. The zero-order valence-corrected chi connectivity index (χ0v) is 12.1. The quantitative estimate of drug-likeness (QED) is 0.872. The first kappa shape index (κ1) is 13.1. The van der Waals surface area contributed by atoms with Crippen LogP contribution in [-0.4, -0.2) is 19.1 Å². The first-order valence-corrected chi connectivity index (χ1v) is 8.01. The molecule has 3 aliphatic carbocycles. The van der Waals surface area contributed by atoms with Crippen LogP contribution in [0.15, 0.2) is 24.3 Å². The summed E-state index contributed by atoms with van der Waals surface area (Å²) in [5.41, 5.74) is 6.26. The number of nitrogens with two attached hydrogens (primary N) is 1. The van der Waals surface area contributed by atoms with E-state index in [1.165, 1.54) is 19.3 Å². The number of carbonyl (C=O) groups is 1. The lowest BCUT2D eigenvalue weighted by Gasteiger charge is -2.11. The summed E-state index contributed by atoms with van der Waals surface area (Å²) in [5.74, 6) is 4.25. The van der Waals surface area contributed by atoms with E-state index in [9.17, 15) is 4.79 Å². The number of amides is 1. The van der Waals surface area contributed by atoms with Crippen LogP contribution in [0.4, 0.5) is 5.69 Å². The van der Waals surface area contributed by atoms with Crippen LogP contribution in [0.1, 0.15) is 19.3 Å². The normalized spacial score (nSPS) is 35.4. The van der Waals surface area contributed by atoms with E-state index < -0.39 is 0 Å². The molecule has 112 valence electrons. The molecule has 1 amide bonds. The molecule has 2 bridgehead atoms. The van der Waals surface area contributed by atoms with Gasteiger partial charge in [0.2, 0.25) is 5.91 Å². The Kier molecular flexibility index (Phi) is 3.14. The Balaban J connectivity index is 1.39. The third-order valence-electron chi connectivity index (χ3n) is 5.53. The Bertz CT molecular complexity index is 543. The molecule has 4 unspecified atom stereocenters. The Morgan fingerprint density at radius 2 is 2.05 bits per heavy atom. The van der Waals surface area contributed by atoms with Crippen LogP contribution in [0.5, 0.6) is 5.75 Å². The van der Waals surface area contributed by atoms with E-state index in [2.05, 4.69) is 5.32 Å². The van der Waals surface area contributed by atoms with Gasteiger partial charge in [0.05, 0.1) is 0 Å². The molecule has 3 aliphatic rings. The number of nitrogens with one attached hydrogen (secondary N) is 1. The Morgan fingerprint density at radius 1 is 1.29 bits per heavy atom. The van der Waals surface area contributed by atoms with Crippen molar-refractivity contribution in [3.8, 4) is 5.75 Å². The molecule has 4 nitrogen and oxygen atoms in total. The molecular formula is C17H22N2O2. The van der Waals surface area contributed by atoms with Gasteiger partial charge in [-0.1, -0.05) is 6.07 Å². The van der Waals surface area contributed by atoms with Crippen molar-refractivity contribution < 1.29 is 9.53 Å². The maximum absolute atomic E-state index is 12.5. The van der Waals surface area contributed by atoms with Crippen LogP contribution < -0.4 is 15.8 Å². The molecule has 3 fully saturated rings. The molecule has 4 heteroatoms. The molecule has 21 heavy (non-hydrogen) atoms. The molecule has 0 spiro atoms. The zero-order chi connectivity index (χ0) is 14.4. The number of benzene rings is 1. The van der Waals surface area contributed by atoms with Gasteiger partial charge < -0.3 is 15.8 Å². The predicted molar refractivity (Wildman–Crippen MR) is 80.9 cm³/mol. The number of hydrogen-bond donors (Lipinski definition) is 2. The standard InChI is InChI=1S/C17H22N2O2/c18-6-7-21-13-3-1-2-12(9-13)19-17(20)16-14-10-4-5-11(8-10)15(14)16/h1-3,9-11,14-16H,4-8,18H2,(H,19,20). The molecule has 0 saturated heterocycles. The second kappa shape index (κ2) is 5.02. The van der Waals surface area contributed by atoms with Gasteiger partial charge in [0.1, 0.15) is 12.4 Å². The molecule has 0 radical (unpaired) electrons. The Morgan fingerprint density at radius 3 is 2.76 bits per heavy atom. The van der Waals surface area contributed by atoms with E-state index >= 15 is 0 Å². The van der Waals surface area contributed by atoms with Gasteiger partial charge in [-0.3, -0.25) is 4.79 Å². The van der Waals surface area contributed by atoms with Gasteiger partial charge in [-0.15, -0.1) is 0 Å². The van der Waals surface area contributed by atoms with Crippen molar-refractivity contribution in [2.45, 2.75) is 19.3 Å². The molecule has 3 saturated carbocycles. The maximum Gasteiger partial charge on any atom is 0.228 e. The first-order chi connectivity index (χ1) is 10.3. The molecule has 1 aromatic rings. The minimum absolute atomic E-state index is 0.206. The van der Waals surface area contributed by atoms with E-state index in [4.69, 9.17) is 10.5 Å². The number of rotatable bonds is 5. The molecule has 4 rings (SSSR count). The van der Waals surface area contributed by atoms with E-state index in [-0.39, 0.29) is 11.8 Å². The highest BCUT2D eigenvalue weighted by molar-refractivity contribution is 5.95. The summed E-state index contributed by atoms with van der Waals surface area (Å²) in [6.07, 6.45) is 4.07. The second-order valence-corrected chi connectivity index (χ2v) is 6.67. The highest BCUT2D eigenvalue weighted by atomic mass is 16.5. The number of anilines is 1. The van der Waals surface area contributed by atoms with Crippen LogP contribution >= 0.6 is 0 Å². The zero-order valence-electron chi connectivity index (χ0n) is 12.1. The van der Waals surface area contributed by atoms with Crippen molar-refractivity contribution in [2.75, 3.05) is 18.5 Å². The van der Waals surface area contributed by atoms with Crippen LogP contribution in [-0.2, 0) is 4.79 Å². The highest BCUT2D eigenvalue weighted by Gasteiger charge is 2.67. The van der Waals surface area contributed by atoms with Gasteiger partial charge in [-0.2, -0.15) is 0 Å². The molecule has 0 aliphatic heterocycles. The third-order valence-corrected chi connectivity index (χ3v) is 5.53. The predicted octanol–water partition coefficient (Wildman–Crippen LogP) is 2.25. The van der Waals surface area contributed by atoms with Gasteiger partial charge in [0, 0.05) is 24.2 Å². The van der Waals surface area contributed by atoms with Crippen molar-refractivity contribution in [1.29, 1.82) is 0 Å². The highest BCUT2D eigenvalue weighted by Crippen LogP contribution is 2.69. The van der Waals surface area contributed by atoms with Crippen LogP contribution in [0, 0.1) is 29.6 Å². The smallest absolute Gasteiger partial charge is 0.228 e. The van der Waals surface area contributed by atoms with Crippen molar-refractivity contribution in [3.05, 3.63) is 24.3 Å². The largest absolute Gasteiger partial charge is 0.492 e. The summed E-state index contributed by atoms with van der Waals surface area (Å²) in [6.45, 7) is 0.984. The first-order valence-electron chi connectivity index (χ1n) is 8.01. The van der Waals surface area contributed by atoms with Crippen LogP contribution in [0.2, 0.25) is 0 Å². The fourth-order valence-electron chi connectivity index (χ4n) is 4.74. The average Bonchev–Trinajstić information content (AvgIpc) is 2.94. The van der Waals surface area contributed by atoms with E-state index in [1.807, 2.05) is 24.3 Å². The SMILES string of the molecule is NCCOc1cccc(NC(=O)C2C3C4CCC(C4)C23)c1. The fourth-order valence-corrected chi connectivity index (χ4v) is 4.74. The monoisotopic (exact) mass is 286 g/mol. The van der Waals surface area contributed by atoms with Crippen LogP contribution in [0.25, 0.3) is 0 Å². The van der Waals surface area contributed by atoms with Crippen molar-refractivity contribution >= 4 is 11.6 Å². The lowest BCUT2D eigenvalue weighted by Crippen LogP contribution is -2.18. The summed E-state index contributed by atoms with van der Waals surface area (Å²) in [4.78, 5) is 12.5. The summed E-state index contributed by atoms with van der Waals surface area (Å²) in [5, 5.41) is 3.07. The van der Waals surface area contributed by atoms with Gasteiger partial charge >= 0.3 is 0 Å². The Hall–Kier alpha value is -1.55. The Labute approximate surface area is 125 Å². The van der Waals surface area contributed by atoms with E-state index in [1.54, 1.807) is 0 Å². The van der Waals surface area contributed by atoms with Crippen molar-refractivity contribution in [1.82, 2.24) is 0 Å². The van der Waals surface area contributed by atoms with Gasteiger partial charge in [-0.25, -0.2) is 0 Å². The van der Waals surface area contributed by atoms with Crippen LogP contribution in [0.3, 0.4) is 0 Å². The van der Waals surface area contributed by atoms with E-state index in [0.29, 0.717) is 25.0 Å². The summed E-state index contributed by atoms with van der Waals surface area (Å²) >= 11 is 0. The minimum atomic E-state index is 0.206. The van der Waals surface area contributed by atoms with Gasteiger partial charge in [0.25, 0.3) is 0 Å². The second-order valence-electron chi connectivity index (χ2n) is 6.67. The van der Waals surface area contributed by atoms with Gasteiger partial charge in [-0.05, 0) is 55.1 Å². The number of fused-ring (bicyclic) bond motifs is 5. The average molecular weight is 286 g/mol. The fraction of sp³-hybridized carbons (Fsp3) is 0.588.